The van der Waals surface area contributed by atoms with Crippen LogP contribution in [-0.2, 0) is 14.8 Å². The van der Waals surface area contributed by atoms with E-state index in [0.717, 1.165) is 0 Å². The number of ether oxygens (including phenoxy) is 1. The first-order valence-electron chi connectivity index (χ1n) is 10.1. The van der Waals surface area contributed by atoms with Gasteiger partial charge in [0.1, 0.15) is 5.82 Å². The van der Waals surface area contributed by atoms with Gasteiger partial charge in [0.25, 0.3) is 5.91 Å². The van der Waals surface area contributed by atoms with Crippen molar-refractivity contribution in [3.63, 3.8) is 0 Å². The molecule has 1 fully saturated rings. The van der Waals surface area contributed by atoms with Gasteiger partial charge in [0.05, 0.1) is 22.8 Å². The van der Waals surface area contributed by atoms with Gasteiger partial charge in [-0.05, 0) is 62.4 Å². The number of aromatic nitrogens is 2. The zero-order valence-electron chi connectivity index (χ0n) is 17.6. The standard InChI is InChI=1S/C22H23FN4O4S/c1-15-13-26(14-16(2)31-15)32(29,30)20-8-6-18(7-9-20)24-22(28)21-10-11-27(25-21)19-5-3-4-17(23)12-19/h3-12,15-16H,13-14H2,1-2H3,(H,24,28). The number of amides is 1. The van der Waals surface area contributed by atoms with Crippen molar-refractivity contribution in [3.05, 3.63) is 72.3 Å². The summed E-state index contributed by atoms with van der Waals surface area (Å²) in [6.07, 6.45) is 1.20. The summed E-state index contributed by atoms with van der Waals surface area (Å²) in [6.45, 7) is 4.26. The molecule has 2 aromatic carbocycles. The Hall–Kier alpha value is -3.08. The number of carbonyl (C=O) groups excluding carboxylic acids is 1. The molecule has 2 heterocycles. The van der Waals surface area contributed by atoms with Crippen LogP contribution in [0.15, 0.2) is 65.7 Å². The average molecular weight is 459 g/mol. The summed E-state index contributed by atoms with van der Waals surface area (Å²) in [5.41, 5.74) is 1.06. The number of anilines is 1. The fraction of sp³-hybridized carbons (Fsp3) is 0.273. The van der Waals surface area contributed by atoms with Crippen LogP contribution in [0.5, 0.6) is 0 Å². The maximum atomic E-state index is 13.4. The smallest absolute Gasteiger partial charge is 0.276 e. The highest BCUT2D eigenvalue weighted by Crippen LogP contribution is 2.22. The number of halogens is 1. The summed E-state index contributed by atoms with van der Waals surface area (Å²) < 4.78 is 47.7. The molecule has 4 rings (SSSR count). The van der Waals surface area contributed by atoms with Gasteiger partial charge >= 0.3 is 0 Å². The Labute approximate surface area is 185 Å². The van der Waals surface area contributed by atoms with E-state index in [2.05, 4.69) is 10.4 Å². The van der Waals surface area contributed by atoms with Crippen LogP contribution in [0, 0.1) is 5.82 Å². The maximum Gasteiger partial charge on any atom is 0.276 e. The van der Waals surface area contributed by atoms with Crippen LogP contribution in [0.1, 0.15) is 24.3 Å². The van der Waals surface area contributed by atoms with Crippen molar-refractivity contribution in [2.45, 2.75) is 31.0 Å². The Morgan fingerprint density at radius 1 is 1.09 bits per heavy atom. The Bertz CT molecular complexity index is 1220. The monoisotopic (exact) mass is 458 g/mol. The number of hydrogen-bond donors (Lipinski definition) is 1. The molecule has 168 valence electrons. The molecule has 2 unspecified atom stereocenters. The maximum absolute atomic E-state index is 13.4. The molecule has 1 aromatic heterocycles. The largest absolute Gasteiger partial charge is 0.373 e. The van der Waals surface area contributed by atoms with Gasteiger partial charge in [-0.2, -0.15) is 9.40 Å². The van der Waals surface area contributed by atoms with Crippen molar-refractivity contribution in [2.75, 3.05) is 18.4 Å². The molecule has 0 bridgehead atoms. The summed E-state index contributed by atoms with van der Waals surface area (Å²) in [5.74, 6) is -0.869. The van der Waals surface area contributed by atoms with E-state index in [1.165, 1.54) is 51.5 Å². The van der Waals surface area contributed by atoms with Crippen LogP contribution in [0.4, 0.5) is 10.1 Å². The second-order valence-electron chi connectivity index (χ2n) is 7.68. The molecule has 0 radical (unpaired) electrons. The van der Waals surface area contributed by atoms with Gasteiger partial charge < -0.3 is 10.1 Å². The van der Waals surface area contributed by atoms with Crippen molar-refractivity contribution in [1.29, 1.82) is 0 Å². The molecule has 0 spiro atoms. The van der Waals surface area contributed by atoms with E-state index in [0.29, 0.717) is 24.5 Å². The van der Waals surface area contributed by atoms with E-state index < -0.39 is 21.7 Å². The van der Waals surface area contributed by atoms with Crippen LogP contribution >= 0.6 is 0 Å². The molecule has 1 aliphatic heterocycles. The van der Waals surface area contributed by atoms with Gasteiger partial charge in [-0.25, -0.2) is 17.5 Å². The minimum atomic E-state index is -3.66. The molecule has 1 amide bonds. The zero-order chi connectivity index (χ0) is 22.9. The van der Waals surface area contributed by atoms with Crippen LogP contribution in [0.3, 0.4) is 0 Å². The molecule has 8 nitrogen and oxygen atoms in total. The Morgan fingerprint density at radius 2 is 1.78 bits per heavy atom. The molecule has 1 N–H and O–H groups in total. The van der Waals surface area contributed by atoms with Gasteiger partial charge in [0.15, 0.2) is 5.69 Å². The lowest BCUT2D eigenvalue weighted by Crippen LogP contribution is -2.48. The van der Waals surface area contributed by atoms with Gasteiger partial charge in [-0.15, -0.1) is 0 Å². The molecular formula is C22H23FN4O4S. The lowest BCUT2D eigenvalue weighted by Gasteiger charge is -2.34. The minimum Gasteiger partial charge on any atom is -0.373 e. The SMILES string of the molecule is CC1CN(S(=O)(=O)c2ccc(NC(=O)c3ccn(-c4cccc(F)c4)n3)cc2)CC(C)O1. The van der Waals surface area contributed by atoms with E-state index in [1.807, 2.05) is 13.8 Å². The van der Waals surface area contributed by atoms with Crippen molar-refractivity contribution in [3.8, 4) is 5.69 Å². The predicted molar refractivity (Wildman–Crippen MR) is 117 cm³/mol. The van der Waals surface area contributed by atoms with Crippen LogP contribution in [0.2, 0.25) is 0 Å². The molecule has 3 aromatic rings. The summed E-state index contributed by atoms with van der Waals surface area (Å²) in [4.78, 5) is 12.7. The summed E-state index contributed by atoms with van der Waals surface area (Å²) in [6, 6.07) is 13.4. The van der Waals surface area contributed by atoms with Crippen molar-refractivity contribution in [1.82, 2.24) is 14.1 Å². The second kappa shape index (κ2) is 8.81. The number of morpholine rings is 1. The highest BCUT2D eigenvalue weighted by Gasteiger charge is 2.32. The van der Waals surface area contributed by atoms with Crippen molar-refractivity contribution in [2.24, 2.45) is 0 Å². The number of carbonyl (C=O) groups is 1. The van der Waals surface area contributed by atoms with E-state index in [1.54, 1.807) is 18.3 Å². The second-order valence-corrected chi connectivity index (χ2v) is 9.62. The number of sulfonamides is 1. The van der Waals surface area contributed by atoms with Crippen molar-refractivity contribution < 1.29 is 22.3 Å². The number of nitrogens with zero attached hydrogens (tertiary/aromatic N) is 3. The lowest BCUT2D eigenvalue weighted by atomic mass is 10.3. The van der Waals surface area contributed by atoms with Gasteiger partial charge in [0.2, 0.25) is 10.0 Å². The quantitative estimate of drug-likeness (QED) is 0.634. The fourth-order valence-corrected chi connectivity index (χ4v) is 5.18. The summed E-state index contributed by atoms with van der Waals surface area (Å²) in [5, 5.41) is 6.86. The van der Waals surface area contributed by atoms with E-state index >= 15 is 0 Å². The van der Waals surface area contributed by atoms with Crippen molar-refractivity contribution >= 4 is 21.6 Å². The molecule has 0 aliphatic carbocycles. The Morgan fingerprint density at radius 3 is 2.44 bits per heavy atom. The van der Waals surface area contributed by atoms with Crippen LogP contribution < -0.4 is 5.32 Å². The number of hydrogen-bond acceptors (Lipinski definition) is 5. The van der Waals surface area contributed by atoms with E-state index in [4.69, 9.17) is 4.74 Å². The van der Waals surface area contributed by atoms with E-state index in [-0.39, 0.29) is 22.8 Å². The molecule has 2 atom stereocenters. The highest BCUT2D eigenvalue weighted by molar-refractivity contribution is 7.89. The van der Waals surface area contributed by atoms with Crippen LogP contribution in [-0.4, -0.2) is 53.7 Å². The third-order valence-corrected chi connectivity index (χ3v) is 6.88. The summed E-state index contributed by atoms with van der Waals surface area (Å²) in [7, 11) is -3.66. The highest BCUT2D eigenvalue weighted by atomic mass is 32.2. The first kappa shape index (κ1) is 22.1. The van der Waals surface area contributed by atoms with Gasteiger partial charge in [0, 0.05) is 25.0 Å². The number of benzene rings is 2. The lowest BCUT2D eigenvalue weighted by molar-refractivity contribution is -0.0440. The fourth-order valence-electron chi connectivity index (χ4n) is 3.59. The van der Waals surface area contributed by atoms with Gasteiger partial charge in [-0.3, -0.25) is 4.79 Å². The Kier molecular flexibility index (Phi) is 6.09. The normalized spacial score (nSPS) is 19.6. The Balaban J connectivity index is 1.45. The predicted octanol–water partition coefficient (Wildman–Crippen LogP) is 3.06. The molecule has 1 aliphatic rings. The zero-order valence-corrected chi connectivity index (χ0v) is 18.4. The minimum absolute atomic E-state index is 0.141. The van der Waals surface area contributed by atoms with E-state index in [9.17, 15) is 17.6 Å². The molecule has 1 saturated heterocycles. The topological polar surface area (TPSA) is 93.5 Å². The molecular weight excluding hydrogens is 435 g/mol. The van der Waals surface area contributed by atoms with Crippen LogP contribution in [0.25, 0.3) is 5.69 Å². The molecule has 0 saturated carbocycles. The first-order chi connectivity index (χ1) is 15.2. The third kappa shape index (κ3) is 4.72. The number of nitrogens with one attached hydrogen (secondary N) is 1. The number of rotatable bonds is 5. The molecule has 32 heavy (non-hydrogen) atoms. The summed E-state index contributed by atoms with van der Waals surface area (Å²) >= 11 is 0. The first-order valence-corrected chi connectivity index (χ1v) is 11.5. The average Bonchev–Trinajstić information content (AvgIpc) is 3.24. The molecule has 10 heteroatoms. The van der Waals surface area contributed by atoms with Gasteiger partial charge in [-0.1, -0.05) is 6.07 Å². The third-order valence-electron chi connectivity index (χ3n) is 5.03.